The number of carbonyl (C=O) groups excluding carboxylic acids is 1. The third kappa shape index (κ3) is 3.27. The Morgan fingerprint density at radius 1 is 0.960 bits per heavy atom. The van der Waals surface area contributed by atoms with Crippen LogP contribution in [0.15, 0.2) is 42.5 Å². The van der Waals surface area contributed by atoms with E-state index in [1.807, 2.05) is 23.1 Å². The lowest BCUT2D eigenvalue weighted by atomic mass is 9.99. The smallest absolute Gasteiger partial charge is 0.257 e. The predicted molar refractivity (Wildman–Crippen MR) is 95.8 cm³/mol. The largest absolute Gasteiger partial charge is 0.493 e. The molecule has 1 aliphatic heterocycles. The highest BCUT2D eigenvalue weighted by Crippen LogP contribution is 2.40. The molecule has 0 aromatic heterocycles. The van der Waals surface area contributed by atoms with E-state index in [0.717, 1.165) is 13.0 Å². The Morgan fingerprint density at radius 3 is 2.32 bits per heavy atom. The van der Waals surface area contributed by atoms with Gasteiger partial charge in [-0.3, -0.25) is 4.79 Å². The minimum Gasteiger partial charge on any atom is -0.493 e. The molecule has 1 amide bonds. The van der Waals surface area contributed by atoms with E-state index in [1.165, 1.54) is 19.8 Å². The Labute approximate surface area is 148 Å². The number of nitrogens with zero attached hydrogens (tertiary/aromatic N) is 1. The minimum atomic E-state index is -0.0452. The van der Waals surface area contributed by atoms with Crippen LogP contribution in [0.3, 0.4) is 0 Å². The molecule has 3 rings (SSSR count). The first-order valence-electron chi connectivity index (χ1n) is 8.32. The summed E-state index contributed by atoms with van der Waals surface area (Å²) in [6.07, 6.45) is 0.964. The first-order valence-corrected chi connectivity index (χ1v) is 8.32. The van der Waals surface area contributed by atoms with Crippen LogP contribution in [-0.2, 0) is 0 Å². The molecule has 1 heterocycles. The zero-order valence-corrected chi connectivity index (χ0v) is 14.8. The van der Waals surface area contributed by atoms with Crippen LogP contribution < -0.4 is 14.2 Å². The zero-order chi connectivity index (χ0) is 17.8. The van der Waals surface area contributed by atoms with E-state index in [1.54, 1.807) is 19.2 Å². The van der Waals surface area contributed by atoms with Gasteiger partial charge in [-0.2, -0.15) is 0 Å². The van der Waals surface area contributed by atoms with Gasteiger partial charge in [0.05, 0.1) is 26.9 Å². The number of benzene rings is 2. The van der Waals surface area contributed by atoms with Crippen LogP contribution in [0.2, 0.25) is 0 Å². The van der Waals surface area contributed by atoms with Gasteiger partial charge in [0.25, 0.3) is 5.91 Å². The molecule has 0 bridgehead atoms. The van der Waals surface area contributed by atoms with Crippen LogP contribution in [0.5, 0.6) is 17.2 Å². The van der Waals surface area contributed by atoms with Gasteiger partial charge >= 0.3 is 0 Å². The molecule has 132 valence electrons. The van der Waals surface area contributed by atoms with Crippen molar-refractivity contribution in [1.82, 2.24) is 4.90 Å². The highest BCUT2D eigenvalue weighted by molar-refractivity contribution is 5.98. The first kappa shape index (κ1) is 17.1. The number of hydrogen-bond donors (Lipinski definition) is 0. The maximum atomic E-state index is 13.0. The van der Waals surface area contributed by atoms with Crippen LogP contribution >= 0.6 is 0 Å². The molecule has 1 unspecified atom stereocenters. The van der Waals surface area contributed by atoms with Crippen LogP contribution in [0.4, 0.5) is 0 Å². The Hall–Kier alpha value is -2.69. The fraction of sp³-hybridized carbons (Fsp3) is 0.350. The Morgan fingerprint density at radius 2 is 1.68 bits per heavy atom. The van der Waals surface area contributed by atoms with Gasteiger partial charge in [-0.25, -0.2) is 0 Å². The molecular formula is C20H23NO4. The van der Waals surface area contributed by atoms with E-state index in [9.17, 15) is 4.79 Å². The summed E-state index contributed by atoms with van der Waals surface area (Å²) in [4.78, 5) is 14.9. The molecule has 5 nitrogen and oxygen atoms in total. The third-order valence-electron chi connectivity index (χ3n) is 4.68. The van der Waals surface area contributed by atoms with E-state index in [2.05, 4.69) is 12.1 Å². The van der Waals surface area contributed by atoms with E-state index in [0.29, 0.717) is 35.3 Å². The van der Waals surface area contributed by atoms with Crippen molar-refractivity contribution in [3.63, 3.8) is 0 Å². The van der Waals surface area contributed by atoms with Crippen molar-refractivity contribution < 1.29 is 19.0 Å². The van der Waals surface area contributed by atoms with Crippen molar-refractivity contribution in [1.29, 1.82) is 0 Å². The molecule has 0 N–H and O–H groups in total. The second-order valence-electron chi connectivity index (χ2n) is 6.03. The van der Waals surface area contributed by atoms with Gasteiger partial charge < -0.3 is 19.1 Å². The predicted octanol–water partition coefficient (Wildman–Crippen LogP) is 3.34. The standard InChI is InChI=1S/C20H23NO4/c1-23-17-10-9-16(18(24-2)19(17)25-3)20(22)21-12-11-15(13-21)14-7-5-4-6-8-14/h4-10,15H,11-13H2,1-3H3. The fourth-order valence-corrected chi connectivity index (χ4v) is 3.38. The second-order valence-corrected chi connectivity index (χ2v) is 6.03. The van der Waals surface area contributed by atoms with Crippen molar-refractivity contribution in [2.45, 2.75) is 12.3 Å². The normalized spacial score (nSPS) is 16.6. The number of hydrogen-bond acceptors (Lipinski definition) is 4. The first-order chi connectivity index (χ1) is 12.2. The highest BCUT2D eigenvalue weighted by atomic mass is 16.5. The zero-order valence-electron chi connectivity index (χ0n) is 14.8. The maximum Gasteiger partial charge on any atom is 0.257 e. The molecule has 1 aliphatic rings. The molecule has 1 saturated heterocycles. The van der Waals surface area contributed by atoms with Crippen molar-refractivity contribution in [2.75, 3.05) is 34.4 Å². The number of carbonyl (C=O) groups is 1. The highest BCUT2D eigenvalue weighted by Gasteiger charge is 2.30. The van der Waals surface area contributed by atoms with E-state index in [-0.39, 0.29) is 5.91 Å². The van der Waals surface area contributed by atoms with Crippen molar-refractivity contribution in [3.8, 4) is 17.2 Å². The number of methoxy groups -OCH3 is 3. The van der Waals surface area contributed by atoms with Crippen molar-refractivity contribution >= 4 is 5.91 Å². The van der Waals surface area contributed by atoms with E-state index < -0.39 is 0 Å². The number of likely N-dealkylation sites (tertiary alicyclic amines) is 1. The monoisotopic (exact) mass is 341 g/mol. The molecular weight excluding hydrogens is 318 g/mol. The van der Waals surface area contributed by atoms with Gasteiger partial charge in [0, 0.05) is 19.0 Å². The molecule has 0 aliphatic carbocycles. The molecule has 5 heteroatoms. The average molecular weight is 341 g/mol. The Bertz CT molecular complexity index is 745. The van der Waals surface area contributed by atoms with Crippen molar-refractivity contribution in [3.05, 3.63) is 53.6 Å². The molecule has 0 spiro atoms. The molecule has 25 heavy (non-hydrogen) atoms. The van der Waals surface area contributed by atoms with Gasteiger partial charge in [-0.05, 0) is 24.1 Å². The summed E-state index contributed by atoms with van der Waals surface area (Å²) in [5, 5.41) is 0. The Balaban J connectivity index is 1.84. The summed E-state index contributed by atoms with van der Waals surface area (Å²) in [6, 6.07) is 13.8. The molecule has 0 radical (unpaired) electrons. The summed E-state index contributed by atoms with van der Waals surface area (Å²) >= 11 is 0. The number of ether oxygens (including phenoxy) is 3. The summed E-state index contributed by atoms with van der Waals surface area (Å²) in [5.41, 5.74) is 1.77. The fourth-order valence-electron chi connectivity index (χ4n) is 3.38. The average Bonchev–Trinajstić information content (AvgIpc) is 3.17. The van der Waals surface area contributed by atoms with Gasteiger partial charge in [-0.1, -0.05) is 30.3 Å². The minimum absolute atomic E-state index is 0.0452. The van der Waals surface area contributed by atoms with Gasteiger partial charge in [0.2, 0.25) is 5.75 Å². The topological polar surface area (TPSA) is 48.0 Å². The summed E-state index contributed by atoms with van der Waals surface area (Å²) in [5.74, 6) is 1.72. The van der Waals surface area contributed by atoms with E-state index in [4.69, 9.17) is 14.2 Å². The van der Waals surface area contributed by atoms with E-state index >= 15 is 0 Å². The van der Waals surface area contributed by atoms with Crippen LogP contribution in [0.1, 0.15) is 28.3 Å². The summed E-state index contributed by atoms with van der Waals surface area (Å²) < 4.78 is 16.1. The number of amides is 1. The maximum absolute atomic E-state index is 13.0. The van der Waals surface area contributed by atoms with Crippen LogP contribution in [0.25, 0.3) is 0 Å². The lowest BCUT2D eigenvalue weighted by Crippen LogP contribution is -2.29. The quantitative estimate of drug-likeness (QED) is 0.837. The summed E-state index contributed by atoms with van der Waals surface area (Å²) in [7, 11) is 4.63. The summed E-state index contributed by atoms with van der Waals surface area (Å²) in [6.45, 7) is 1.44. The SMILES string of the molecule is COc1ccc(C(=O)N2CCC(c3ccccc3)C2)c(OC)c1OC. The molecule has 2 aromatic carbocycles. The number of rotatable bonds is 5. The van der Waals surface area contributed by atoms with Crippen LogP contribution in [-0.4, -0.2) is 45.2 Å². The Kier molecular flexibility index (Phi) is 5.12. The van der Waals surface area contributed by atoms with Gasteiger partial charge in [0.1, 0.15) is 0 Å². The second kappa shape index (κ2) is 7.47. The molecule has 1 atom stereocenters. The third-order valence-corrected chi connectivity index (χ3v) is 4.68. The van der Waals surface area contributed by atoms with Gasteiger partial charge in [-0.15, -0.1) is 0 Å². The molecule has 1 fully saturated rings. The molecule has 2 aromatic rings. The molecule has 0 saturated carbocycles. The lowest BCUT2D eigenvalue weighted by molar-refractivity contribution is 0.0786. The van der Waals surface area contributed by atoms with Crippen molar-refractivity contribution in [2.24, 2.45) is 0 Å². The van der Waals surface area contributed by atoms with Gasteiger partial charge in [0.15, 0.2) is 11.5 Å². The van der Waals surface area contributed by atoms with Crippen LogP contribution in [0, 0.1) is 0 Å². The lowest BCUT2D eigenvalue weighted by Gasteiger charge is -2.20.